The van der Waals surface area contributed by atoms with E-state index in [1.54, 1.807) is 66.7 Å². The van der Waals surface area contributed by atoms with Crippen LogP contribution in [-0.4, -0.2) is 32.7 Å². The first kappa shape index (κ1) is 25.4. The molecular weight excluding hydrogens is 470 g/mol. The van der Waals surface area contributed by atoms with Crippen LogP contribution in [0, 0.1) is 0 Å². The SMILES string of the molecule is N/N=C\c1cccc(CC(NC(=O)OCc2ccc(-c3ccccc3S(N)(=O)=O)cc2)C(N)=O)c1. The van der Waals surface area contributed by atoms with Gasteiger partial charge in [0.2, 0.25) is 15.9 Å². The van der Waals surface area contributed by atoms with E-state index >= 15 is 0 Å². The Morgan fingerprint density at radius 3 is 2.37 bits per heavy atom. The molecule has 10 nitrogen and oxygen atoms in total. The smallest absolute Gasteiger partial charge is 0.408 e. The molecule has 11 heteroatoms. The maximum absolute atomic E-state index is 12.3. The number of hydrazone groups is 1. The van der Waals surface area contributed by atoms with E-state index in [0.29, 0.717) is 16.7 Å². The van der Waals surface area contributed by atoms with Gasteiger partial charge in [0, 0.05) is 12.0 Å². The van der Waals surface area contributed by atoms with E-state index in [1.165, 1.54) is 12.3 Å². The maximum Gasteiger partial charge on any atom is 0.408 e. The molecular formula is C24H25N5O5S. The summed E-state index contributed by atoms with van der Waals surface area (Å²) in [5.74, 6) is 4.45. The lowest BCUT2D eigenvalue weighted by atomic mass is 10.0. The molecule has 0 spiro atoms. The Morgan fingerprint density at radius 1 is 1.00 bits per heavy atom. The Labute approximate surface area is 202 Å². The molecule has 0 saturated carbocycles. The number of benzene rings is 3. The number of hydrogen-bond donors (Lipinski definition) is 4. The molecule has 7 N–H and O–H groups in total. The van der Waals surface area contributed by atoms with Crippen molar-refractivity contribution in [3.05, 3.63) is 89.5 Å². The fourth-order valence-corrected chi connectivity index (χ4v) is 4.17. The first-order valence-corrected chi connectivity index (χ1v) is 12.0. The summed E-state index contributed by atoms with van der Waals surface area (Å²) in [5.41, 5.74) is 8.69. The number of primary amides is 1. The highest BCUT2D eigenvalue weighted by molar-refractivity contribution is 7.89. The van der Waals surface area contributed by atoms with Crippen molar-refractivity contribution < 1.29 is 22.7 Å². The molecule has 1 atom stereocenters. The fourth-order valence-electron chi connectivity index (χ4n) is 3.41. The second-order valence-corrected chi connectivity index (χ2v) is 9.17. The van der Waals surface area contributed by atoms with Gasteiger partial charge in [0.05, 0.1) is 11.1 Å². The highest BCUT2D eigenvalue weighted by atomic mass is 32.2. The molecule has 1 unspecified atom stereocenters. The average molecular weight is 496 g/mol. The van der Waals surface area contributed by atoms with Crippen molar-refractivity contribution in [3.8, 4) is 11.1 Å². The molecule has 0 aromatic heterocycles. The second kappa shape index (κ2) is 11.3. The van der Waals surface area contributed by atoms with Gasteiger partial charge in [0.25, 0.3) is 0 Å². The first-order chi connectivity index (χ1) is 16.7. The number of nitrogens with two attached hydrogens (primary N) is 3. The summed E-state index contributed by atoms with van der Waals surface area (Å²) in [6.45, 7) is -0.0725. The molecule has 0 bridgehead atoms. The Bertz CT molecular complexity index is 1340. The first-order valence-electron chi connectivity index (χ1n) is 10.4. The van der Waals surface area contributed by atoms with Crippen LogP contribution in [0.15, 0.2) is 82.8 Å². The number of sulfonamides is 1. The Balaban J connectivity index is 1.62. The maximum atomic E-state index is 12.3. The lowest BCUT2D eigenvalue weighted by Crippen LogP contribution is -2.46. The largest absolute Gasteiger partial charge is 0.445 e. The minimum absolute atomic E-state index is 0.0155. The summed E-state index contributed by atoms with van der Waals surface area (Å²) in [6, 6.07) is 19.3. The van der Waals surface area contributed by atoms with Crippen molar-refractivity contribution in [2.75, 3.05) is 0 Å². The molecule has 0 aliphatic heterocycles. The number of alkyl carbamates (subject to hydrolysis) is 1. The fraction of sp³-hybridized carbons (Fsp3) is 0.125. The van der Waals surface area contributed by atoms with Gasteiger partial charge in [-0.2, -0.15) is 5.10 Å². The van der Waals surface area contributed by atoms with E-state index in [2.05, 4.69) is 10.4 Å². The molecule has 3 aromatic rings. The number of rotatable bonds is 9. The molecule has 35 heavy (non-hydrogen) atoms. The van der Waals surface area contributed by atoms with E-state index in [1.807, 2.05) is 0 Å². The molecule has 0 aliphatic carbocycles. The van der Waals surface area contributed by atoms with Crippen LogP contribution in [-0.2, 0) is 32.6 Å². The third-order valence-corrected chi connectivity index (χ3v) is 6.05. The van der Waals surface area contributed by atoms with Gasteiger partial charge < -0.3 is 21.6 Å². The van der Waals surface area contributed by atoms with Crippen LogP contribution in [0.25, 0.3) is 11.1 Å². The minimum Gasteiger partial charge on any atom is -0.445 e. The Kier molecular flexibility index (Phi) is 8.18. The number of nitrogens with one attached hydrogen (secondary N) is 1. The number of carbonyl (C=O) groups excluding carboxylic acids is 2. The van der Waals surface area contributed by atoms with Gasteiger partial charge in [0.15, 0.2) is 0 Å². The molecule has 3 aromatic carbocycles. The summed E-state index contributed by atoms with van der Waals surface area (Å²) < 4.78 is 28.9. The van der Waals surface area contributed by atoms with E-state index in [-0.39, 0.29) is 17.9 Å². The van der Waals surface area contributed by atoms with Gasteiger partial charge in [-0.25, -0.2) is 18.4 Å². The number of ether oxygens (including phenoxy) is 1. The number of amides is 2. The number of primary sulfonamides is 1. The van der Waals surface area contributed by atoms with Crippen molar-refractivity contribution >= 4 is 28.2 Å². The summed E-state index contributed by atoms with van der Waals surface area (Å²) in [6.07, 6.45) is 0.815. The van der Waals surface area contributed by atoms with Gasteiger partial charge in [0.1, 0.15) is 12.6 Å². The zero-order valence-electron chi connectivity index (χ0n) is 18.6. The summed E-state index contributed by atoms with van der Waals surface area (Å²) in [5, 5.41) is 11.2. The predicted octanol–water partition coefficient (Wildman–Crippen LogP) is 1.62. The van der Waals surface area contributed by atoms with Gasteiger partial charge in [-0.05, 0) is 28.3 Å². The van der Waals surface area contributed by atoms with E-state index < -0.39 is 28.1 Å². The monoisotopic (exact) mass is 495 g/mol. The zero-order chi connectivity index (χ0) is 25.4. The standard InChI is InChI=1S/C24H25N5O5S/c25-23(30)21(13-17-4-3-5-18(12-17)14-28-26)29-24(31)34-15-16-8-10-19(11-9-16)20-6-1-2-7-22(20)35(27,32)33/h1-12,14,21H,13,15,26H2,(H2,25,30)(H,29,31)(H2,27,32,33)/b28-14-. The van der Waals surface area contributed by atoms with Gasteiger partial charge >= 0.3 is 6.09 Å². The second-order valence-electron chi connectivity index (χ2n) is 7.64. The molecule has 0 fully saturated rings. The van der Waals surface area contributed by atoms with Gasteiger partial charge in [-0.1, -0.05) is 66.7 Å². The number of nitrogens with zero attached hydrogens (tertiary/aromatic N) is 1. The minimum atomic E-state index is -3.89. The van der Waals surface area contributed by atoms with Crippen molar-refractivity contribution in [1.29, 1.82) is 0 Å². The third-order valence-electron chi connectivity index (χ3n) is 5.08. The summed E-state index contributed by atoms with van der Waals surface area (Å²) in [4.78, 5) is 24.1. The molecule has 182 valence electrons. The van der Waals surface area contributed by atoms with Crippen LogP contribution in [0.1, 0.15) is 16.7 Å². The van der Waals surface area contributed by atoms with Crippen LogP contribution in [0.3, 0.4) is 0 Å². The van der Waals surface area contributed by atoms with Crippen molar-refractivity contribution in [2.24, 2.45) is 21.8 Å². The van der Waals surface area contributed by atoms with Gasteiger partial charge in [-0.3, -0.25) is 4.79 Å². The molecule has 0 aliphatic rings. The van der Waals surface area contributed by atoms with Crippen molar-refractivity contribution in [3.63, 3.8) is 0 Å². The van der Waals surface area contributed by atoms with Crippen LogP contribution in [0.2, 0.25) is 0 Å². The van der Waals surface area contributed by atoms with Gasteiger partial charge in [-0.15, -0.1) is 0 Å². The topological polar surface area (TPSA) is 180 Å². The quantitative estimate of drug-likeness (QED) is 0.199. The molecule has 0 heterocycles. The van der Waals surface area contributed by atoms with Crippen molar-refractivity contribution in [1.82, 2.24) is 5.32 Å². The molecule has 3 rings (SSSR count). The molecule has 0 saturated heterocycles. The number of hydrogen-bond acceptors (Lipinski definition) is 7. The molecule has 0 radical (unpaired) electrons. The Hall–Kier alpha value is -4.22. The van der Waals surface area contributed by atoms with E-state index in [4.69, 9.17) is 21.5 Å². The van der Waals surface area contributed by atoms with Crippen LogP contribution < -0.4 is 22.0 Å². The molecule has 2 amide bonds. The Morgan fingerprint density at radius 2 is 1.71 bits per heavy atom. The number of carbonyl (C=O) groups is 2. The van der Waals surface area contributed by atoms with Crippen LogP contribution in [0.4, 0.5) is 4.79 Å². The average Bonchev–Trinajstić information content (AvgIpc) is 2.82. The summed E-state index contributed by atoms with van der Waals surface area (Å²) >= 11 is 0. The summed E-state index contributed by atoms with van der Waals surface area (Å²) in [7, 11) is -3.89. The van der Waals surface area contributed by atoms with Crippen LogP contribution >= 0.6 is 0 Å². The lowest BCUT2D eigenvalue weighted by Gasteiger charge is -2.16. The zero-order valence-corrected chi connectivity index (χ0v) is 19.4. The van der Waals surface area contributed by atoms with Crippen LogP contribution in [0.5, 0.6) is 0 Å². The van der Waals surface area contributed by atoms with E-state index in [9.17, 15) is 18.0 Å². The highest BCUT2D eigenvalue weighted by Gasteiger charge is 2.20. The van der Waals surface area contributed by atoms with E-state index in [0.717, 1.165) is 11.1 Å². The third kappa shape index (κ3) is 7.13. The normalized spacial score (nSPS) is 12.3. The highest BCUT2D eigenvalue weighted by Crippen LogP contribution is 2.26. The van der Waals surface area contributed by atoms with Crippen molar-refractivity contribution in [2.45, 2.75) is 24.0 Å². The lowest BCUT2D eigenvalue weighted by molar-refractivity contribution is -0.119. The predicted molar refractivity (Wildman–Crippen MR) is 131 cm³/mol.